The molecule has 1 amide bonds. The fourth-order valence-corrected chi connectivity index (χ4v) is 1.76. The first kappa shape index (κ1) is 15.4. The van der Waals surface area contributed by atoms with Gasteiger partial charge < -0.3 is 16.2 Å². The summed E-state index contributed by atoms with van der Waals surface area (Å²) in [6, 6.07) is 0. The summed E-state index contributed by atoms with van der Waals surface area (Å²) in [7, 11) is 0. The highest BCUT2D eigenvalue weighted by Crippen LogP contribution is 2.15. The summed E-state index contributed by atoms with van der Waals surface area (Å²) >= 11 is 0. The Balaban J connectivity index is 3.72. The Morgan fingerprint density at radius 2 is 2.06 bits per heavy atom. The summed E-state index contributed by atoms with van der Waals surface area (Å²) in [4.78, 5) is 11.4. The highest BCUT2D eigenvalue weighted by Gasteiger charge is 2.22. The first-order chi connectivity index (χ1) is 7.37. The van der Waals surface area contributed by atoms with Crippen LogP contribution in [0, 0.1) is 5.92 Å². The van der Waals surface area contributed by atoms with Gasteiger partial charge in [-0.3, -0.25) is 4.79 Å². The molecule has 0 spiro atoms. The SMILES string of the molecule is CC(C)CC(C)(O)CNC(=O)CCCCN. The van der Waals surface area contributed by atoms with Crippen molar-refractivity contribution < 1.29 is 9.90 Å². The van der Waals surface area contributed by atoms with Gasteiger partial charge in [-0.15, -0.1) is 0 Å². The van der Waals surface area contributed by atoms with E-state index in [4.69, 9.17) is 5.73 Å². The van der Waals surface area contributed by atoms with Crippen molar-refractivity contribution in [3.05, 3.63) is 0 Å². The molecule has 0 heterocycles. The maximum Gasteiger partial charge on any atom is 0.220 e. The second kappa shape index (κ2) is 7.63. The molecule has 0 bridgehead atoms. The van der Waals surface area contributed by atoms with Gasteiger partial charge in [0.2, 0.25) is 5.91 Å². The third-order valence-corrected chi connectivity index (χ3v) is 2.37. The highest BCUT2D eigenvalue weighted by molar-refractivity contribution is 5.75. The van der Waals surface area contributed by atoms with Gasteiger partial charge in [0.05, 0.1) is 5.60 Å². The van der Waals surface area contributed by atoms with E-state index in [1.165, 1.54) is 0 Å². The number of aliphatic hydroxyl groups is 1. The molecule has 0 fully saturated rings. The van der Waals surface area contributed by atoms with Gasteiger partial charge in [-0.05, 0) is 38.6 Å². The molecule has 4 heteroatoms. The second-order valence-corrected chi connectivity index (χ2v) is 5.12. The van der Waals surface area contributed by atoms with Crippen molar-refractivity contribution >= 4 is 5.91 Å². The summed E-state index contributed by atoms with van der Waals surface area (Å²) in [5.41, 5.74) is 4.53. The number of carbonyl (C=O) groups excluding carboxylic acids is 1. The molecule has 0 radical (unpaired) electrons. The molecule has 0 saturated carbocycles. The molecule has 0 aliphatic carbocycles. The topological polar surface area (TPSA) is 75.3 Å². The molecule has 1 atom stereocenters. The average Bonchev–Trinajstić information content (AvgIpc) is 2.13. The van der Waals surface area contributed by atoms with E-state index < -0.39 is 5.60 Å². The normalized spacial score (nSPS) is 14.9. The van der Waals surface area contributed by atoms with E-state index in [0.29, 0.717) is 31.8 Å². The van der Waals surface area contributed by atoms with Crippen LogP contribution in [-0.2, 0) is 4.79 Å². The maximum atomic E-state index is 11.4. The quantitative estimate of drug-likeness (QED) is 0.545. The summed E-state index contributed by atoms with van der Waals surface area (Å²) in [6.45, 7) is 6.81. The molecular weight excluding hydrogens is 204 g/mol. The molecule has 0 aromatic rings. The molecule has 1 unspecified atom stereocenters. The summed E-state index contributed by atoms with van der Waals surface area (Å²) in [5.74, 6) is 0.418. The van der Waals surface area contributed by atoms with E-state index >= 15 is 0 Å². The smallest absolute Gasteiger partial charge is 0.220 e. The Morgan fingerprint density at radius 1 is 1.44 bits per heavy atom. The molecule has 0 saturated heterocycles. The number of hydrogen-bond acceptors (Lipinski definition) is 3. The van der Waals surface area contributed by atoms with Crippen molar-refractivity contribution in [3.63, 3.8) is 0 Å². The molecule has 0 aliphatic rings. The largest absolute Gasteiger partial charge is 0.388 e. The molecule has 0 aliphatic heterocycles. The molecule has 4 N–H and O–H groups in total. The Morgan fingerprint density at radius 3 is 2.56 bits per heavy atom. The number of hydrogen-bond donors (Lipinski definition) is 3. The Bertz CT molecular complexity index is 203. The van der Waals surface area contributed by atoms with Gasteiger partial charge in [-0.25, -0.2) is 0 Å². The summed E-state index contributed by atoms with van der Waals surface area (Å²) in [5, 5.41) is 12.7. The van der Waals surface area contributed by atoms with Crippen LogP contribution in [0.25, 0.3) is 0 Å². The van der Waals surface area contributed by atoms with E-state index in [1.807, 2.05) is 0 Å². The summed E-state index contributed by atoms with van der Waals surface area (Å²) < 4.78 is 0. The van der Waals surface area contributed by atoms with Crippen molar-refractivity contribution in [2.24, 2.45) is 11.7 Å². The monoisotopic (exact) mass is 230 g/mol. The molecule has 0 aromatic heterocycles. The van der Waals surface area contributed by atoms with Crippen molar-refractivity contribution in [1.29, 1.82) is 0 Å². The Labute approximate surface area is 98.6 Å². The number of amides is 1. The van der Waals surface area contributed by atoms with Gasteiger partial charge in [0.1, 0.15) is 0 Å². The number of carbonyl (C=O) groups is 1. The average molecular weight is 230 g/mol. The first-order valence-corrected chi connectivity index (χ1v) is 6.06. The van der Waals surface area contributed by atoms with Crippen molar-refractivity contribution in [2.45, 2.75) is 52.1 Å². The number of rotatable bonds is 8. The number of nitrogens with two attached hydrogens (primary N) is 1. The minimum absolute atomic E-state index is 0.00233. The van der Waals surface area contributed by atoms with E-state index in [1.54, 1.807) is 6.92 Å². The molecule has 0 rings (SSSR count). The third-order valence-electron chi connectivity index (χ3n) is 2.37. The summed E-state index contributed by atoms with van der Waals surface area (Å²) in [6.07, 6.45) is 2.87. The van der Waals surface area contributed by atoms with Gasteiger partial charge in [-0.1, -0.05) is 13.8 Å². The zero-order valence-electron chi connectivity index (χ0n) is 10.8. The predicted octanol–water partition coefficient (Wildman–Crippen LogP) is 1.03. The van der Waals surface area contributed by atoms with Crippen LogP contribution in [0.5, 0.6) is 0 Å². The molecule has 16 heavy (non-hydrogen) atoms. The van der Waals surface area contributed by atoms with Crippen LogP contribution >= 0.6 is 0 Å². The van der Waals surface area contributed by atoms with Gasteiger partial charge in [0.15, 0.2) is 0 Å². The van der Waals surface area contributed by atoms with Crippen LogP contribution in [-0.4, -0.2) is 29.7 Å². The van der Waals surface area contributed by atoms with E-state index in [9.17, 15) is 9.90 Å². The Hall–Kier alpha value is -0.610. The van der Waals surface area contributed by atoms with Crippen LogP contribution in [0.2, 0.25) is 0 Å². The lowest BCUT2D eigenvalue weighted by Crippen LogP contribution is -2.41. The fraction of sp³-hybridized carbons (Fsp3) is 0.917. The number of unbranched alkanes of at least 4 members (excludes halogenated alkanes) is 1. The Kier molecular flexibility index (Phi) is 7.34. The standard InChI is InChI=1S/C12H26N2O2/c1-10(2)8-12(3,16)9-14-11(15)6-4-5-7-13/h10,16H,4-9,13H2,1-3H3,(H,14,15). The predicted molar refractivity (Wildman–Crippen MR) is 66.0 cm³/mol. The van der Waals surface area contributed by atoms with Gasteiger partial charge in [-0.2, -0.15) is 0 Å². The lowest BCUT2D eigenvalue weighted by atomic mass is 9.94. The maximum absolute atomic E-state index is 11.4. The zero-order valence-corrected chi connectivity index (χ0v) is 10.8. The van der Waals surface area contributed by atoms with Crippen molar-refractivity contribution in [2.75, 3.05) is 13.1 Å². The lowest BCUT2D eigenvalue weighted by molar-refractivity contribution is -0.122. The van der Waals surface area contributed by atoms with Crippen molar-refractivity contribution in [3.8, 4) is 0 Å². The van der Waals surface area contributed by atoms with Gasteiger partial charge in [0.25, 0.3) is 0 Å². The van der Waals surface area contributed by atoms with E-state index in [2.05, 4.69) is 19.2 Å². The van der Waals surface area contributed by atoms with Gasteiger partial charge >= 0.3 is 0 Å². The molecule has 0 aromatic carbocycles. The van der Waals surface area contributed by atoms with E-state index in [0.717, 1.165) is 12.8 Å². The van der Waals surface area contributed by atoms with E-state index in [-0.39, 0.29) is 5.91 Å². The second-order valence-electron chi connectivity index (χ2n) is 5.12. The lowest BCUT2D eigenvalue weighted by Gasteiger charge is -2.25. The fourth-order valence-electron chi connectivity index (χ4n) is 1.76. The molecule has 96 valence electrons. The zero-order chi connectivity index (χ0) is 12.6. The van der Waals surface area contributed by atoms with Crippen LogP contribution in [0.15, 0.2) is 0 Å². The minimum Gasteiger partial charge on any atom is -0.388 e. The van der Waals surface area contributed by atoms with Crippen LogP contribution in [0.3, 0.4) is 0 Å². The van der Waals surface area contributed by atoms with Crippen molar-refractivity contribution in [1.82, 2.24) is 5.32 Å². The first-order valence-electron chi connectivity index (χ1n) is 6.06. The molecular formula is C12H26N2O2. The van der Waals surface area contributed by atoms with Crippen LogP contribution < -0.4 is 11.1 Å². The van der Waals surface area contributed by atoms with Gasteiger partial charge in [0, 0.05) is 13.0 Å². The highest BCUT2D eigenvalue weighted by atomic mass is 16.3. The minimum atomic E-state index is -0.808. The number of nitrogens with one attached hydrogen (secondary N) is 1. The third kappa shape index (κ3) is 8.68. The van der Waals surface area contributed by atoms with Crippen LogP contribution in [0.1, 0.15) is 46.5 Å². The molecule has 4 nitrogen and oxygen atoms in total. The van der Waals surface area contributed by atoms with Crippen LogP contribution in [0.4, 0.5) is 0 Å².